The molecule has 4 heterocycles. The van der Waals surface area contributed by atoms with Crippen LogP contribution in [0.3, 0.4) is 0 Å². The summed E-state index contributed by atoms with van der Waals surface area (Å²) in [6.07, 6.45) is 10.5. The quantitative estimate of drug-likeness (QED) is 0.751. The lowest BCUT2D eigenvalue weighted by Gasteiger charge is -2.22. The van der Waals surface area contributed by atoms with Gasteiger partial charge in [0.05, 0.1) is 5.69 Å². The van der Waals surface area contributed by atoms with Gasteiger partial charge in [0.1, 0.15) is 5.82 Å². The summed E-state index contributed by atoms with van der Waals surface area (Å²) in [4.78, 5) is 21.3. The van der Waals surface area contributed by atoms with Crippen LogP contribution in [0.15, 0.2) is 37.2 Å². The maximum atomic E-state index is 12.0. The van der Waals surface area contributed by atoms with E-state index in [4.69, 9.17) is 4.98 Å². The minimum atomic E-state index is 0.0140. The summed E-state index contributed by atoms with van der Waals surface area (Å²) in [6.45, 7) is 7.38. The molecule has 1 saturated carbocycles. The van der Waals surface area contributed by atoms with Crippen LogP contribution in [0.1, 0.15) is 37.2 Å². The van der Waals surface area contributed by atoms with Gasteiger partial charge in [0.25, 0.3) is 0 Å². The highest BCUT2D eigenvalue weighted by molar-refractivity contribution is 5.87. The van der Waals surface area contributed by atoms with Gasteiger partial charge in [0.2, 0.25) is 5.91 Å². The van der Waals surface area contributed by atoms with Gasteiger partial charge in [-0.25, -0.2) is 4.98 Å². The molecule has 152 valence electrons. The summed E-state index contributed by atoms with van der Waals surface area (Å²) in [5.74, 6) is 3.04. The molecule has 2 aliphatic heterocycles. The van der Waals surface area contributed by atoms with Gasteiger partial charge in [0.15, 0.2) is 0 Å². The minimum Gasteiger partial charge on any atom is -0.356 e. The maximum Gasteiger partial charge on any atom is 0.245 e. The first-order valence-electron chi connectivity index (χ1n) is 10.8. The fourth-order valence-corrected chi connectivity index (χ4v) is 5.50. The Kier molecular flexibility index (Phi) is 4.64. The molecule has 0 aromatic carbocycles. The number of hydrogen-bond acceptors (Lipinski definition) is 4. The van der Waals surface area contributed by atoms with E-state index in [2.05, 4.69) is 28.7 Å². The Bertz CT molecular complexity index is 923. The van der Waals surface area contributed by atoms with Crippen molar-refractivity contribution in [2.24, 2.45) is 18.9 Å². The number of anilines is 1. The molecule has 6 nitrogen and oxygen atoms in total. The predicted molar refractivity (Wildman–Crippen MR) is 114 cm³/mol. The average molecular weight is 392 g/mol. The Balaban J connectivity index is 1.47. The standard InChI is InChI=1S/C23H29N5O/c1-3-23(29)27-10-7-18(15-27)20-12-24-22(11-19(20)21-8-9-26(2)25-21)28-13-16-5-4-6-17(16)14-28/h3,8-9,11-12,16-18H,1,4-7,10,13-15H2,2H3/t16-,17+,18?. The number of carbonyl (C=O) groups is 1. The fourth-order valence-electron chi connectivity index (χ4n) is 5.50. The molecule has 0 radical (unpaired) electrons. The van der Waals surface area contributed by atoms with Gasteiger partial charge in [-0.2, -0.15) is 5.10 Å². The number of aryl methyl sites for hydroxylation is 1. The monoisotopic (exact) mass is 391 g/mol. The largest absolute Gasteiger partial charge is 0.356 e. The van der Waals surface area contributed by atoms with Gasteiger partial charge in [-0.05, 0) is 54.9 Å². The molecule has 5 rings (SSSR count). The van der Waals surface area contributed by atoms with Crippen LogP contribution in [-0.2, 0) is 11.8 Å². The van der Waals surface area contributed by atoms with Gasteiger partial charge in [-0.1, -0.05) is 13.0 Å². The zero-order valence-corrected chi connectivity index (χ0v) is 17.1. The molecule has 2 aromatic rings. The number of pyridine rings is 1. The van der Waals surface area contributed by atoms with Crippen LogP contribution in [-0.4, -0.2) is 51.8 Å². The molecule has 0 spiro atoms. The second-order valence-corrected chi connectivity index (χ2v) is 8.83. The van der Waals surface area contributed by atoms with Crippen molar-refractivity contribution in [3.05, 3.63) is 42.7 Å². The molecule has 3 fully saturated rings. The van der Waals surface area contributed by atoms with Crippen LogP contribution < -0.4 is 4.90 Å². The molecule has 29 heavy (non-hydrogen) atoms. The number of rotatable bonds is 4. The molecule has 1 amide bonds. The topological polar surface area (TPSA) is 54.3 Å². The number of likely N-dealkylation sites (tertiary alicyclic amines) is 1. The SMILES string of the molecule is C=CC(=O)N1CCC(c2cnc(N3C[C@H]4CCC[C@H]4C3)cc2-c2ccn(C)n2)C1. The molecule has 6 heteroatoms. The third kappa shape index (κ3) is 3.34. The van der Waals surface area contributed by atoms with Crippen LogP contribution in [0.25, 0.3) is 11.3 Å². The number of amides is 1. The van der Waals surface area contributed by atoms with Crippen LogP contribution in [0.5, 0.6) is 0 Å². The predicted octanol–water partition coefficient (Wildman–Crippen LogP) is 3.22. The van der Waals surface area contributed by atoms with Crippen molar-refractivity contribution in [1.82, 2.24) is 19.7 Å². The van der Waals surface area contributed by atoms with Crippen molar-refractivity contribution >= 4 is 11.7 Å². The molecular formula is C23H29N5O. The lowest BCUT2D eigenvalue weighted by molar-refractivity contribution is -0.125. The second kappa shape index (κ2) is 7.32. The number of carbonyl (C=O) groups excluding carboxylic acids is 1. The number of hydrogen-bond donors (Lipinski definition) is 0. The van der Waals surface area contributed by atoms with E-state index in [1.807, 2.05) is 29.0 Å². The first-order valence-corrected chi connectivity index (χ1v) is 10.8. The zero-order chi connectivity index (χ0) is 20.0. The molecule has 2 aromatic heterocycles. The van der Waals surface area contributed by atoms with Crippen LogP contribution >= 0.6 is 0 Å². The van der Waals surface area contributed by atoms with E-state index in [0.29, 0.717) is 0 Å². The third-order valence-corrected chi connectivity index (χ3v) is 7.07. The molecule has 1 aliphatic carbocycles. The summed E-state index contributed by atoms with van der Waals surface area (Å²) >= 11 is 0. The number of aromatic nitrogens is 3. The Hall–Kier alpha value is -2.63. The van der Waals surface area contributed by atoms with E-state index in [1.165, 1.54) is 30.9 Å². The summed E-state index contributed by atoms with van der Waals surface area (Å²) in [5, 5.41) is 4.68. The van der Waals surface area contributed by atoms with Gasteiger partial charge < -0.3 is 9.80 Å². The van der Waals surface area contributed by atoms with E-state index in [1.54, 1.807) is 0 Å². The first-order chi connectivity index (χ1) is 14.1. The Morgan fingerprint density at radius 3 is 2.69 bits per heavy atom. The van der Waals surface area contributed by atoms with E-state index < -0.39 is 0 Å². The van der Waals surface area contributed by atoms with Crippen molar-refractivity contribution in [3.63, 3.8) is 0 Å². The van der Waals surface area contributed by atoms with Crippen molar-refractivity contribution in [2.45, 2.75) is 31.6 Å². The van der Waals surface area contributed by atoms with Crippen LogP contribution in [0, 0.1) is 11.8 Å². The normalized spacial score (nSPS) is 26.2. The molecule has 1 unspecified atom stereocenters. The fraction of sp³-hybridized carbons (Fsp3) is 0.522. The van der Waals surface area contributed by atoms with Crippen LogP contribution in [0.2, 0.25) is 0 Å². The number of fused-ring (bicyclic) bond motifs is 1. The van der Waals surface area contributed by atoms with Crippen molar-refractivity contribution in [1.29, 1.82) is 0 Å². The lowest BCUT2D eigenvalue weighted by atomic mass is 9.93. The maximum absolute atomic E-state index is 12.0. The van der Waals surface area contributed by atoms with Crippen molar-refractivity contribution in [3.8, 4) is 11.3 Å². The molecule has 0 bridgehead atoms. The van der Waals surface area contributed by atoms with Crippen molar-refractivity contribution < 1.29 is 4.79 Å². The Morgan fingerprint density at radius 1 is 1.21 bits per heavy atom. The van der Waals surface area contributed by atoms with E-state index in [9.17, 15) is 4.79 Å². The lowest BCUT2D eigenvalue weighted by Crippen LogP contribution is -2.26. The van der Waals surface area contributed by atoms with Gasteiger partial charge >= 0.3 is 0 Å². The summed E-state index contributed by atoms with van der Waals surface area (Å²) in [5.41, 5.74) is 3.34. The zero-order valence-electron chi connectivity index (χ0n) is 17.1. The smallest absolute Gasteiger partial charge is 0.245 e. The highest BCUT2D eigenvalue weighted by atomic mass is 16.2. The molecule has 2 saturated heterocycles. The molecule has 3 atom stereocenters. The van der Waals surface area contributed by atoms with E-state index >= 15 is 0 Å². The minimum absolute atomic E-state index is 0.0140. The molecule has 0 N–H and O–H groups in total. The highest BCUT2D eigenvalue weighted by Gasteiger charge is 2.37. The highest BCUT2D eigenvalue weighted by Crippen LogP contribution is 2.41. The van der Waals surface area contributed by atoms with Crippen LogP contribution in [0.4, 0.5) is 5.82 Å². The number of nitrogens with zero attached hydrogens (tertiary/aromatic N) is 5. The third-order valence-electron chi connectivity index (χ3n) is 7.07. The Morgan fingerprint density at radius 2 is 2.00 bits per heavy atom. The second-order valence-electron chi connectivity index (χ2n) is 8.83. The van der Waals surface area contributed by atoms with Crippen molar-refractivity contribution in [2.75, 3.05) is 31.1 Å². The molecular weight excluding hydrogens is 362 g/mol. The molecule has 3 aliphatic rings. The van der Waals surface area contributed by atoms with Gasteiger partial charge in [-0.15, -0.1) is 0 Å². The summed E-state index contributed by atoms with van der Waals surface area (Å²) < 4.78 is 1.85. The van der Waals surface area contributed by atoms with E-state index in [-0.39, 0.29) is 11.8 Å². The average Bonchev–Trinajstić information content (AvgIpc) is 3.50. The van der Waals surface area contributed by atoms with Gasteiger partial charge in [0, 0.05) is 57.1 Å². The summed E-state index contributed by atoms with van der Waals surface area (Å²) in [7, 11) is 1.95. The summed E-state index contributed by atoms with van der Waals surface area (Å²) in [6, 6.07) is 4.31. The first kappa shape index (κ1) is 18.4. The Labute approximate surface area is 172 Å². The van der Waals surface area contributed by atoms with Gasteiger partial charge in [-0.3, -0.25) is 9.48 Å². The van der Waals surface area contributed by atoms with E-state index in [0.717, 1.165) is 61.5 Å².